The van der Waals surface area contributed by atoms with Crippen LogP contribution in [-0.2, 0) is 17.9 Å². The Kier molecular flexibility index (Phi) is 9.49. The Bertz CT molecular complexity index is 743. The van der Waals surface area contributed by atoms with E-state index in [2.05, 4.69) is 32.3 Å². The van der Waals surface area contributed by atoms with E-state index >= 15 is 0 Å². The Labute approximate surface area is 184 Å². The second kappa shape index (κ2) is 11.9. The number of guanidine groups is 1. The summed E-state index contributed by atoms with van der Waals surface area (Å²) in [5.41, 5.74) is 9.05. The lowest BCUT2D eigenvalue weighted by molar-refractivity contribution is 0.185. The summed E-state index contributed by atoms with van der Waals surface area (Å²) in [6.07, 6.45) is 7.04. The smallest absolute Gasteiger partial charge is 0.193 e. The van der Waals surface area contributed by atoms with Crippen molar-refractivity contribution >= 4 is 41.4 Å². The average Bonchev–Trinajstić information content (AvgIpc) is 2.98. The van der Waals surface area contributed by atoms with Gasteiger partial charge in [0.05, 0.1) is 13.2 Å². The van der Waals surface area contributed by atoms with Crippen LogP contribution in [0.4, 0.5) is 11.5 Å². The maximum absolute atomic E-state index is 6.05. The number of nitrogens with two attached hydrogens (primary N) is 1. The summed E-state index contributed by atoms with van der Waals surface area (Å²) in [6.45, 7) is 3.22. The van der Waals surface area contributed by atoms with E-state index < -0.39 is 0 Å². The number of aliphatic imine (C=N–C) groups is 1. The lowest BCUT2D eigenvalue weighted by atomic mass is 10.2. The second-order valence-electron chi connectivity index (χ2n) is 6.84. The number of benzene rings is 1. The molecule has 6 nitrogen and oxygen atoms in total. The Balaban J connectivity index is 0.00000280. The number of anilines is 2. The van der Waals surface area contributed by atoms with E-state index in [1.807, 2.05) is 30.5 Å². The van der Waals surface area contributed by atoms with Crippen molar-refractivity contribution in [3.05, 3.63) is 53.7 Å². The van der Waals surface area contributed by atoms with Crippen LogP contribution in [0.3, 0.4) is 0 Å². The summed E-state index contributed by atoms with van der Waals surface area (Å²) in [5.74, 6) is 1.44. The van der Waals surface area contributed by atoms with Gasteiger partial charge in [-0.15, -0.1) is 24.0 Å². The van der Waals surface area contributed by atoms with Gasteiger partial charge in [0.25, 0.3) is 0 Å². The zero-order valence-electron chi connectivity index (χ0n) is 16.4. The summed E-state index contributed by atoms with van der Waals surface area (Å²) in [7, 11) is 1.68. The fourth-order valence-corrected chi connectivity index (χ4v) is 3.27. The van der Waals surface area contributed by atoms with E-state index in [9.17, 15) is 0 Å². The zero-order valence-corrected chi connectivity index (χ0v) is 18.8. The summed E-state index contributed by atoms with van der Waals surface area (Å²) in [6, 6.07) is 12.1. The molecule has 0 amide bonds. The number of pyridine rings is 1. The summed E-state index contributed by atoms with van der Waals surface area (Å²) < 4.78 is 5.22. The van der Waals surface area contributed by atoms with Crippen molar-refractivity contribution in [2.75, 3.05) is 30.4 Å². The van der Waals surface area contributed by atoms with Crippen LogP contribution in [0, 0.1) is 0 Å². The molecule has 0 bridgehead atoms. The average molecular weight is 495 g/mol. The van der Waals surface area contributed by atoms with Gasteiger partial charge in [-0.1, -0.05) is 37.1 Å². The molecule has 1 aromatic carbocycles. The fraction of sp³-hybridized carbons (Fsp3) is 0.429. The highest BCUT2D eigenvalue weighted by molar-refractivity contribution is 14.0. The van der Waals surface area contributed by atoms with Crippen molar-refractivity contribution in [2.24, 2.45) is 10.7 Å². The number of aromatic nitrogens is 1. The minimum absolute atomic E-state index is 0. The van der Waals surface area contributed by atoms with E-state index in [0.29, 0.717) is 19.1 Å². The first-order chi connectivity index (χ1) is 13.3. The van der Waals surface area contributed by atoms with Gasteiger partial charge in [0.15, 0.2) is 5.96 Å². The molecule has 0 saturated carbocycles. The van der Waals surface area contributed by atoms with E-state index in [1.54, 1.807) is 7.11 Å². The zero-order chi connectivity index (χ0) is 18.9. The number of para-hydroxylation sites is 1. The van der Waals surface area contributed by atoms with Crippen LogP contribution in [0.5, 0.6) is 0 Å². The van der Waals surface area contributed by atoms with Crippen LogP contribution in [0.25, 0.3) is 0 Å². The van der Waals surface area contributed by atoms with Crippen molar-refractivity contribution in [2.45, 2.75) is 38.8 Å². The quantitative estimate of drug-likeness (QED) is 0.358. The molecule has 1 saturated heterocycles. The molecule has 0 atom stereocenters. The van der Waals surface area contributed by atoms with Crippen LogP contribution in [0.2, 0.25) is 0 Å². The number of rotatable bonds is 6. The van der Waals surface area contributed by atoms with Crippen molar-refractivity contribution in [3.63, 3.8) is 0 Å². The molecule has 1 fully saturated rings. The van der Waals surface area contributed by atoms with Crippen molar-refractivity contribution in [1.29, 1.82) is 0 Å². The summed E-state index contributed by atoms with van der Waals surface area (Å²) >= 11 is 0. The van der Waals surface area contributed by atoms with E-state index in [4.69, 9.17) is 10.5 Å². The number of hydrogen-bond acceptors (Lipinski definition) is 4. The van der Waals surface area contributed by atoms with E-state index in [-0.39, 0.29) is 24.0 Å². The number of ether oxygens (including phenoxy) is 1. The first-order valence-electron chi connectivity index (χ1n) is 9.60. The van der Waals surface area contributed by atoms with Gasteiger partial charge in [-0.2, -0.15) is 0 Å². The summed E-state index contributed by atoms with van der Waals surface area (Å²) in [4.78, 5) is 11.4. The largest absolute Gasteiger partial charge is 0.380 e. The van der Waals surface area contributed by atoms with E-state index in [0.717, 1.165) is 35.7 Å². The molecular formula is C21H30IN5O. The van der Waals surface area contributed by atoms with Gasteiger partial charge in [-0.3, -0.25) is 0 Å². The third-order valence-electron chi connectivity index (χ3n) is 4.75. The van der Waals surface area contributed by atoms with Crippen molar-refractivity contribution in [1.82, 2.24) is 4.98 Å². The van der Waals surface area contributed by atoms with Crippen molar-refractivity contribution < 1.29 is 4.74 Å². The molecule has 28 heavy (non-hydrogen) atoms. The first-order valence-corrected chi connectivity index (χ1v) is 9.60. The molecule has 7 heteroatoms. The van der Waals surface area contributed by atoms with Crippen molar-refractivity contribution in [3.8, 4) is 0 Å². The molecule has 1 aliphatic rings. The van der Waals surface area contributed by atoms with Gasteiger partial charge in [0.1, 0.15) is 5.82 Å². The Morgan fingerprint density at radius 1 is 1.14 bits per heavy atom. The Morgan fingerprint density at radius 2 is 1.89 bits per heavy atom. The molecule has 0 radical (unpaired) electrons. The molecule has 1 aliphatic heterocycles. The molecule has 152 valence electrons. The normalized spacial score (nSPS) is 14.9. The monoisotopic (exact) mass is 495 g/mol. The third-order valence-corrected chi connectivity index (χ3v) is 4.75. The maximum atomic E-state index is 6.05. The number of methoxy groups -OCH3 is 1. The lowest BCUT2D eigenvalue weighted by Crippen LogP contribution is -2.24. The Morgan fingerprint density at radius 3 is 2.57 bits per heavy atom. The van der Waals surface area contributed by atoms with Crippen LogP contribution in [0.1, 0.15) is 36.8 Å². The maximum Gasteiger partial charge on any atom is 0.193 e. The second-order valence-corrected chi connectivity index (χ2v) is 6.84. The van der Waals surface area contributed by atoms with Gasteiger partial charge in [-0.05, 0) is 30.5 Å². The molecule has 1 aromatic heterocycles. The standard InChI is InChI=1S/C21H29N5O.HI/c1-27-16-18-8-4-5-9-19(18)25-21(22)24-15-17-10-11-20(23-14-17)26-12-6-2-3-7-13-26;/h4-5,8-11,14H,2-3,6-7,12-13,15-16H2,1H3,(H3,22,24,25);1H. The lowest BCUT2D eigenvalue weighted by Gasteiger charge is -2.21. The van der Waals surface area contributed by atoms with E-state index in [1.165, 1.54) is 25.7 Å². The molecule has 2 aromatic rings. The van der Waals surface area contributed by atoms with Crippen LogP contribution < -0.4 is 16.0 Å². The number of nitrogens with zero attached hydrogens (tertiary/aromatic N) is 3. The van der Waals surface area contributed by atoms with Gasteiger partial charge in [-0.25, -0.2) is 9.98 Å². The van der Waals surface area contributed by atoms with Crippen LogP contribution in [-0.4, -0.2) is 31.1 Å². The highest BCUT2D eigenvalue weighted by atomic mass is 127. The first kappa shape index (κ1) is 22.4. The number of hydrogen-bond donors (Lipinski definition) is 2. The molecule has 3 N–H and O–H groups in total. The summed E-state index contributed by atoms with van der Waals surface area (Å²) in [5, 5.41) is 3.15. The number of nitrogens with one attached hydrogen (secondary N) is 1. The molecule has 2 heterocycles. The molecule has 3 rings (SSSR count). The topological polar surface area (TPSA) is 75.8 Å². The highest BCUT2D eigenvalue weighted by Crippen LogP contribution is 2.18. The predicted octanol–water partition coefficient (Wildman–Crippen LogP) is 4.15. The SMILES string of the molecule is COCc1ccccc1NC(N)=NCc1ccc(N2CCCCCC2)nc1.I. The Hall–Kier alpha value is -1.87. The molecular weight excluding hydrogens is 465 g/mol. The number of halogens is 1. The van der Waals surface area contributed by atoms with Gasteiger partial charge >= 0.3 is 0 Å². The molecule has 0 spiro atoms. The minimum Gasteiger partial charge on any atom is -0.380 e. The third kappa shape index (κ3) is 6.63. The highest BCUT2D eigenvalue weighted by Gasteiger charge is 2.10. The van der Waals surface area contributed by atoms with Crippen LogP contribution in [0.15, 0.2) is 47.6 Å². The van der Waals surface area contributed by atoms with Gasteiger partial charge in [0, 0.05) is 37.6 Å². The van der Waals surface area contributed by atoms with Gasteiger partial charge in [0.2, 0.25) is 0 Å². The molecule has 0 unspecified atom stereocenters. The van der Waals surface area contributed by atoms with Crippen LogP contribution >= 0.6 is 24.0 Å². The predicted molar refractivity (Wildman–Crippen MR) is 126 cm³/mol. The minimum atomic E-state index is 0. The molecule has 0 aliphatic carbocycles. The fourth-order valence-electron chi connectivity index (χ4n) is 3.27. The van der Waals surface area contributed by atoms with Gasteiger partial charge < -0.3 is 20.7 Å².